The molecule has 5 nitrogen and oxygen atoms in total. The number of aromatic nitrogens is 1. The Hall–Kier alpha value is -2.50. The van der Waals surface area contributed by atoms with Gasteiger partial charge < -0.3 is 19.5 Å². The highest BCUT2D eigenvalue weighted by atomic mass is 35.5. The second-order valence-corrected chi connectivity index (χ2v) is 8.72. The number of benzene rings is 2. The van der Waals surface area contributed by atoms with Crippen LogP contribution in [-0.4, -0.2) is 47.7 Å². The molecule has 2 aromatic carbocycles. The number of ether oxygens (including phenoxy) is 1. The third-order valence-corrected chi connectivity index (χ3v) is 7.12. The molecule has 6 heteroatoms. The first-order chi connectivity index (χ1) is 14.6. The van der Waals surface area contributed by atoms with Crippen molar-refractivity contribution in [1.29, 1.82) is 0 Å². The fourth-order valence-electron chi connectivity index (χ4n) is 5.49. The lowest BCUT2D eigenvalue weighted by molar-refractivity contribution is 0.0884. The fourth-order valence-corrected chi connectivity index (χ4v) is 5.49. The van der Waals surface area contributed by atoms with Crippen LogP contribution in [-0.2, 0) is 7.05 Å². The summed E-state index contributed by atoms with van der Waals surface area (Å²) in [4.78, 5) is 16.1. The molecule has 3 heterocycles. The van der Waals surface area contributed by atoms with Crippen molar-refractivity contribution in [1.82, 2.24) is 14.8 Å². The average Bonchev–Trinajstić information content (AvgIpc) is 3.15. The van der Waals surface area contributed by atoms with Gasteiger partial charge in [0.15, 0.2) is 0 Å². The van der Waals surface area contributed by atoms with Gasteiger partial charge in [0.05, 0.1) is 23.9 Å². The number of rotatable bonds is 4. The third-order valence-electron chi connectivity index (χ3n) is 7.12. The maximum Gasteiger partial charge on any atom is 0.254 e. The van der Waals surface area contributed by atoms with E-state index in [0.717, 1.165) is 46.3 Å². The zero-order valence-corrected chi connectivity index (χ0v) is 19.1. The summed E-state index contributed by atoms with van der Waals surface area (Å²) in [6.07, 6.45) is 4.57. The van der Waals surface area contributed by atoms with E-state index >= 15 is 0 Å². The molecule has 31 heavy (non-hydrogen) atoms. The van der Waals surface area contributed by atoms with E-state index < -0.39 is 0 Å². The quantitative estimate of drug-likeness (QED) is 0.644. The van der Waals surface area contributed by atoms with E-state index in [9.17, 15) is 4.79 Å². The van der Waals surface area contributed by atoms with Crippen LogP contribution in [0, 0.1) is 0 Å². The minimum absolute atomic E-state index is 0. The molecular formula is C25H30ClN3O2. The summed E-state index contributed by atoms with van der Waals surface area (Å²) in [5.74, 6) is 0.820. The number of nitrogens with zero attached hydrogens (tertiary/aromatic N) is 2. The van der Waals surface area contributed by atoms with E-state index in [-0.39, 0.29) is 24.4 Å². The predicted molar refractivity (Wildman–Crippen MR) is 127 cm³/mol. The van der Waals surface area contributed by atoms with E-state index in [1.165, 1.54) is 12.8 Å². The molecular weight excluding hydrogens is 410 g/mol. The van der Waals surface area contributed by atoms with Crippen molar-refractivity contribution >= 4 is 29.2 Å². The van der Waals surface area contributed by atoms with Gasteiger partial charge in [-0.05, 0) is 50.4 Å². The number of aryl methyl sites for hydroxylation is 1. The van der Waals surface area contributed by atoms with Crippen LogP contribution < -0.4 is 10.1 Å². The zero-order valence-electron chi connectivity index (χ0n) is 18.3. The molecule has 1 unspecified atom stereocenters. The highest BCUT2D eigenvalue weighted by molar-refractivity contribution is 6.13. The molecule has 1 N–H and O–H groups in total. The lowest BCUT2D eigenvalue weighted by atomic mass is 9.97. The van der Waals surface area contributed by atoms with Crippen molar-refractivity contribution in [2.45, 2.75) is 43.8 Å². The van der Waals surface area contributed by atoms with Gasteiger partial charge in [-0.3, -0.25) is 4.79 Å². The standard InChI is InChI=1S/C25H29N3O2.ClH/c1-27-18-9-10-19(27)14-17(13-18)26-25(29)23-21-12-11-20(30-3)15-22(21)28(2)24(23)16-7-5-4-6-8-16;/h4-8,11-12,15,17-19H,9-10,13-14H2,1-3H3,(H,26,29);1H/t17?,18-,19+;. The van der Waals surface area contributed by atoms with Gasteiger partial charge in [0.2, 0.25) is 0 Å². The van der Waals surface area contributed by atoms with Crippen molar-refractivity contribution in [2.75, 3.05) is 14.2 Å². The highest BCUT2D eigenvalue weighted by Crippen LogP contribution is 2.37. The smallest absolute Gasteiger partial charge is 0.254 e. The van der Waals surface area contributed by atoms with Crippen molar-refractivity contribution < 1.29 is 9.53 Å². The number of carbonyl (C=O) groups excluding carboxylic acids is 1. The van der Waals surface area contributed by atoms with Crippen LogP contribution in [0.4, 0.5) is 0 Å². The normalized spacial score (nSPS) is 22.9. The lowest BCUT2D eigenvalue weighted by Gasteiger charge is -2.36. The van der Waals surface area contributed by atoms with Crippen molar-refractivity contribution in [3.05, 3.63) is 54.1 Å². The Balaban J connectivity index is 0.00000231. The molecule has 2 bridgehead atoms. The predicted octanol–water partition coefficient (Wildman–Crippen LogP) is 4.63. The SMILES string of the molecule is COc1ccc2c(C(=O)NC3C[C@H]4CC[C@@H](C3)N4C)c(-c3ccccc3)n(C)c2c1.Cl. The van der Waals surface area contributed by atoms with Crippen LogP contribution in [0.15, 0.2) is 48.5 Å². The molecule has 0 radical (unpaired) electrons. The summed E-state index contributed by atoms with van der Waals surface area (Å²) in [5, 5.41) is 4.35. The Kier molecular flexibility index (Phi) is 6.00. The molecule has 1 aromatic heterocycles. The maximum atomic E-state index is 13.6. The second kappa shape index (κ2) is 8.56. The number of carbonyl (C=O) groups is 1. The minimum Gasteiger partial charge on any atom is -0.497 e. The summed E-state index contributed by atoms with van der Waals surface area (Å²) in [6, 6.07) is 17.6. The van der Waals surface area contributed by atoms with Gasteiger partial charge in [-0.2, -0.15) is 0 Å². The molecule has 3 atom stereocenters. The molecule has 3 aromatic rings. The lowest BCUT2D eigenvalue weighted by Crippen LogP contribution is -2.48. The molecule has 5 rings (SSSR count). The largest absolute Gasteiger partial charge is 0.497 e. The van der Waals surface area contributed by atoms with Crippen LogP contribution in [0.3, 0.4) is 0 Å². The Bertz CT molecular complexity index is 1080. The van der Waals surface area contributed by atoms with Crippen LogP contribution in [0.5, 0.6) is 5.75 Å². The van der Waals surface area contributed by atoms with Crippen molar-refractivity contribution in [3.8, 4) is 17.0 Å². The number of fused-ring (bicyclic) bond motifs is 3. The Morgan fingerprint density at radius 3 is 2.35 bits per heavy atom. The Morgan fingerprint density at radius 1 is 1.03 bits per heavy atom. The van der Waals surface area contributed by atoms with Gasteiger partial charge in [0, 0.05) is 36.6 Å². The summed E-state index contributed by atoms with van der Waals surface area (Å²) in [6.45, 7) is 0. The molecule has 2 aliphatic rings. The number of hydrogen-bond donors (Lipinski definition) is 1. The number of nitrogens with one attached hydrogen (secondary N) is 1. The van der Waals surface area contributed by atoms with Gasteiger partial charge >= 0.3 is 0 Å². The summed E-state index contributed by atoms with van der Waals surface area (Å²) in [5.41, 5.74) is 3.76. The van der Waals surface area contributed by atoms with Gasteiger partial charge in [0.25, 0.3) is 5.91 Å². The van der Waals surface area contributed by atoms with Crippen molar-refractivity contribution in [3.63, 3.8) is 0 Å². The van der Waals surface area contributed by atoms with Crippen molar-refractivity contribution in [2.24, 2.45) is 7.05 Å². The molecule has 2 aliphatic heterocycles. The monoisotopic (exact) mass is 439 g/mol. The van der Waals surface area contributed by atoms with E-state index in [1.54, 1.807) is 7.11 Å². The zero-order chi connectivity index (χ0) is 20.8. The van der Waals surface area contributed by atoms with Gasteiger partial charge in [-0.25, -0.2) is 0 Å². The van der Waals surface area contributed by atoms with Gasteiger partial charge in [0.1, 0.15) is 5.75 Å². The van der Waals surface area contributed by atoms with E-state index in [2.05, 4.69) is 34.0 Å². The molecule has 2 fully saturated rings. The first-order valence-corrected chi connectivity index (χ1v) is 10.8. The van der Waals surface area contributed by atoms with E-state index in [4.69, 9.17) is 4.74 Å². The topological polar surface area (TPSA) is 46.5 Å². The second-order valence-electron chi connectivity index (χ2n) is 8.72. The number of amides is 1. The number of hydrogen-bond acceptors (Lipinski definition) is 3. The summed E-state index contributed by atoms with van der Waals surface area (Å²) in [7, 11) is 5.92. The van der Waals surface area contributed by atoms with E-state index in [0.29, 0.717) is 12.1 Å². The van der Waals surface area contributed by atoms with Gasteiger partial charge in [-0.1, -0.05) is 30.3 Å². The average molecular weight is 440 g/mol. The molecule has 2 saturated heterocycles. The molecule has 1 amide bonds. The number of halogens is 1. The number of methoxy groups -OCH3 is 1. The molecule has 0 aliphatic carbocycles. The first-order valence-electron chi connectivity index (χ1n) is 10.8. The van der Waals surface area contributed by atoms with Crippen LogP contribution in [0.25, 0.3) is 22.2 Å². The highest BCUT2D eigenvalue weighted by Gasteiger charge is 2.39. The first kappa shape index (κ1) is 21.7. The molecule has 164 valence electrons. The molecule has 0 saturated carbocycles. The Labute approximate surface area is 189 Å². The van der Waals surface area contributed by atoms with Crippen LogP contribution in [0.1, 0.15) is 36.0 Å². The van der Waals surface area contributed by atoms with Crippen LogP contribution in [0.2, 0.25) is 0 Å². The number of piperidine rings is 1. The fraction of sp³-hybridized carbons (Fsp3) is 0.400. The third kappa shape index (κ3) is 3.70. The minimum atomic E-state index is 0. The summed E-state index contributed by atoms with van der Waals surface area (Å²) < 4.78 is 7.55. The summed E-state index contributed by atoms with van der Waals surface area (Å²) >= 11 is 0. The van der Waals surface area contributed by atoms with E-state index in [1.807, 2.05) is 43.4 Å². The van der Waals surface area contributed by atoms with Gasteiger partial charge in [-0.15, -0.1) is 12.4 Å². The molecule has 0 spiro atoms. The maximum absolute atomic E-state index is 13.6. The van der Waals surface area contributed by atoms with Crippen LogP contribution >= 0.6 is 12.4 Å². The Morgan fingerprint density at radius 2 is 1.71 bits per heavy atom.